The minimum absolute atomic E-state index is 0.111. The number of aromatic nitrogens is 3. The Morgan fingerprint density at radius 3 is 2.73 bits per heavy atom. The first-order chi connectivity index (χ1) is 14.6. The summed E-state index contributed by atoms with van der Waals surface area (Å²) in [7, 11) is 0. The van der Waals surface area contributed by atoms with Crippen molar-refractivity contribution in [3.8, 4) is 6.07 Å². The lowest BCUT2D eigenvalue weighted by Gasteiger charge is -2.10. The predicted molar refractivity (Wildman–Crippen MR) is 118 cm³/mol. The van der Waals surface area contributed by atoms with E-state index in [4.69, 9.17) is 16.9 Å². The summed E-state index contributed by atoms with van der Waals surface area (Å²) in [6, 6.07) is 17.1. The minimum atomic E-state index is -0.111. The van der Waals surface area contributed by atoms with E-state index in [1.165, 1.54) is 17.3 Å². The standard InChI is InChI=1S/C22H20ClN5OS/c23-19-12-18(9-8-17(19)13-24)25-20(29)10-11-30-22-27-26-21(16-6-7-16)28(22)14-15-4-2-1-3-5-15/h1-5,8-9,12,16H,6-7,10-11,14H2,(H,25,29). The van der Waals surface area contributed by atoms with Gasteiger partial charge in [0.1, 0.15) is 11.9 Å². The predicted octanol–water partition coefficient (Wildman–Crippen LogP) is 4.85. The quantitative estimate of drug-likeness (QED) is 0.509. The van der Waals surface area contributed by atoms with Crippen LogP contribution in [0.15, 0.2) is 53.7 Å². The van der Waals surface area contributed by atoms with Gasteiger partial charge in [0.25, 0.3) is 0 Å². The molecule has 8 heteroatoms. The van der Waals surface area contributed by atoms with E-state index in [9.17, 15) is 4.79 Å². The van der Waals surface area contributed by atoms with E-state index in [1.54, 1.807) is 18.2 Å². The fraction of sp³-hybridized carbons (Fsp3) is 0.273. The Bertz CT molecular complexity index is 1090. The van der Waals surface area contributed by atoms with E-state index < -0.39 is 0 Å². The average molecular weight is 438 g/mol. The molecule has 1 saturated carbocycles. The number of nitriles is 1. The van der Waals surface area contributed by atoms with Gasteiger partial charge in [-0.25, -0.2) is 0 Å². The van der Waals surface area contributed by atoms with Gasteiger partial charge in [0.15, 0.2) is 5.16 Å². The number of nitrogens with zero attached hydrogens (tertiary/aromatic N) is 4. The molecule has 0 spiro atoms. The highest BCUT2D eigenvalue weighted by atomic mass is 35.5. The summed E-state index contributed by atoms with van der Waals surface area (Å²) in [4.78, 5) is 12.3. The van der Waals surface area contributed by atoms with Gasteiger partial charge < -0.3 is 9.88 Å². The van der Waals surface area contributed by atoms with Gasteiger partial charge in [0.05, 0.1) is 17.1 Å². The Kier molecular flexibility index (Phi) is 6.36. The summed E-state index contributed by atoms with van der Waals surface area (Å²) in [5.74, 6) is 2.02. The van der Waals surface area contributed by atoms with Gasteiger partial charge in [-0.1, -0.05) is 53.7 Å². The van der Waals surface area contributed by atoms with E-state index in [0.29, 0.717) is 34.4 Å². The fourth-order valence-corrected chi connectivity index (χ4v) is 4.21. The van der Waals surface area contributed by atoms with Crippen LogP contribution in [0.3, 0.4) is 0 Å². The number of hydrogen-bond acceptors (Lipinski definition) is 5. The second-order valence-electron chi connectivity index (χ2n) is 7.14. The number of thioether (sulfide) groups is 1. The molecule has 1 N–H and O–H groups in total. The van der Waals surface area contributed by atoms with E-state index in [1.807, 2.05) is 24.3 Å². The summed E-state index contributed by atoms with van der Waals surface area (Å²) in [6.07, 6.45) is 2.65. The van der Waals surface area contributed by atoms with Gasteiger partial charge in [-0.2, -0.15) is 5.26 Å². The van der Waals surface area contributed by atoms with Crippen LogP contribution in [0.2, 0.25) is 5.02 Å². The third kappa shape index (κ3) is 5.02. The Labute approximate surface area is 184 Å². The number of anilines is 1. The molecule has 1 aliphatic carbocycles. The Hall–Kier alpha value is -2.82. The number of benzene rings is 2. The third-order valence-corrected chi connectivity index (χ3v) is 6.09. The number of nitrogens with one attached hydrogen (secondary N) is 1. The van der Waals surface area contributed by atoms with Crippen molar-refractivity contribution in [3.63, 3.8) is 0 Å². The molecule has 1 aliphatic rings. The molecule has 0 unspecified atom stereocenters. The van der Waals surface area contributed by atoms with Crippen molar-refractivity contribution in [2.24, 2.45) is 0 Å². The molecule has 1 amide bonds. The Balaban J connectivity index is 1.36. The summed E-state index contributed by atoms with van der Waals surface area (Å²) in [5.41, 5.74) is 2.17. The normalized spacial score (nSPS) is 13.1. The van der Waals surface area contributed by atoms with E-state index >= 15 is 0 Å². The number of carbonyl (C=O) groups excluding carboxylic acids is 1. The van der Waals surface area contributed by atoms with Gasteiger partial charge in [0, 0.05) is 23.8 Å². The van der Waals surface area contributed by atoms with Crippen LogP contribution >= 0.6 is 23.4 Å². The van der Waals surface area contributed by atoms with Gasteiger partial charge in [-0.05, 0) is 36.6 Å². The van der Waals surface area contributed by atoms with Crippen molar-refractivity contribution >= 4 is 35.0 Å². The van der Waals surface area contributed by atoms with Crippen molar-refractivity contribution in [3.05, 3.63) is 70.5 Å². The van der Waals surface area contributed by atoms with Crippen LogP contribution in [0.4, 0.5) is 5.69 Å². The summed E-state index contributed by atoms with van der Waals surface area (Å²) >= 11 is 7.56. The molecule has 0 atom stereocenters. The first-order valence-corrected chi connectivity index (χ1v) is 11.1. The van der Waals surface area contributed by atoms with Crippen molar-refractivity contribution in [1.82, 2.24) is 14.8 Å². The van der Waals surface area contributed by atoms with Gasteiger partial charge in [-0.3, -0.25) is 4.79 Å². The molecule has 0 radical (unpaired) electrons. The van der Waals surface area contributed by atoms with Crippen LogP contribution in [-0.4, -0.2) is 26.4 Å². The zero-order valence-electron chi connectivity index (χ0n) is 16.2. The summed E-state index contributed by atoms with van der Waals surface area (Å²) in [5, 5.41) is 21.7. The molecule has 4 rings (SSSR count). The van der Waals surface area contributed by atoms with E-state index in [0.717, 1.165) is 30.4 Å². The van der Waals surface area contributed by atoms with E-state index in [-0.39, 0.29) is 5.91 Å². The van der Waals surface area contributed by atoms with Gasteiger partial charge in [0.2, 0.25) is 5.91 Å². The van der Waals surface area contributed by atoms with Gasteiger partial charge >= 0.3 is 0 Å². The lowest BCUT2D eigenvalue weighted by Crippen LogP contribution is -2.12. The molecule has 2 aromatic carbocycles. The van der Waals surface area contributed by atoms with Crippen molar-refractivity contribution in [2.75, 3.05) is 11.1 Å². The highest BCUT2D eigenvalue weighted by molar-refractivity contribution is 7.99. The van der Waals surface area contributed by atoms with Crippen LogP contribution in [0.1, 0.15) is 42.1 Å². The number of halogens is 1. The van der Waals surface area contributed by atoms with Crippen molar-refractivity contribution < 1.29 is 4.79 Å². The first kappa shape index (κ1) is 20.5. The number of amides is 1. The SMILES string of the molecule is N#Cc1ccc(NC(=O)CCSc2nnc(C3CC3)n2Cc2ccccc2)cc1Cl. The van der Waals surface area contributed by atoms with Crippen LogP contribution in [0.5, 0.6) is 0 Å². The summed E-state index contributed by atoms with van der Waals surface area (Å²) in [6.45, 7) is 0.734. The highest BCUT2D eigenvalue weighted by Crippen LogP contribution is 2.40. The molecule has 0 bridgehead atoms. The topological polar surface area (TPSA) is 83.6 Å². The maximum atomic E-state index is 12.3. The Morgan fingerprint density at radius 2 is 2.03 bits per heavy atom. The first-order valence-electron chi connectivity index (χ1n) is 9.73. The zero-order valence-corrected chi connectivity index (χ0v) is 17.8. The molecule has 152 valence electrons. The largest absolute Gasteiger partial charge is 0.326 e. The monoisotopic (exact) mass is 437 g/mol. The average Bonchev–Trinajstić information content (AvgIpc) is 3.51. The number of carbonyl (C=O) groups is 1. The molecule has 6 nitrogen and oxygen atoms in total. The maximum absolute atomic E-state index is 12.3. The van der Waals surface area contributed by atoms with E-state index in [2.05, 4.69) is 32.2 Å². The zero-order chi connectivity index (χ0) is 20.9. The molecule has 1 fully saturated rings. The minimum Gasteiger partial charge on any atom is -0.326 e. The lowest BCUT2D eigenvalue weighted by atomic mass is 10.2. The van der Waals surface area contributed by atoms with Crippen LogP contribution in [0, 0.1) is 11.3 Å². The highest BCUT2D eigenvalue weighted by Gasteiger charge is 2.30. The lowest BCUT2D eigenvalue weighted by molar-refractivity contribution is -0.115. The molecular weight excluding hydrogens is 418 g/mol. The molecule has 1 aromatic heterocycles. The second kappa shape index (κ2) is 9.33. The second-order valence-corrected chi connectivity index (χ2v) is 8.61. The molecule has 0 aliphatic heterocycles. The summed E-state index contributed by atoms with van der Waals surface area (Å²) < 4.78 is 2.18. The molecule has 0 saturated heterocycles. The molecule has 30 heavy (non-hydrogen) atoms. The number of rotatable bonds is 8. The molecule has 1 heterocycles. The van der Waals surface area contributed by atoms with Crippen LogP contribution in [-0.2, 0) is 11.3 Å². The fourth-order valence-electron chi connectivity index (χ4n) is 3.11. The van der Waals surface area contributed by atoms with Gasteiger partial charge in [-0.15, -0.1) is 10.2 Å². The number of hydrogen-bond donors (Lipinski definition) is 1. The third-order valence-electron chi connectivity index (χ3n) is 4.81. The van der Waals surface area contributed by atoms with Crippen LogP contribution in [0.25, 0.3) is 0 Å². The Morgan fingerprint density at radius 1 is 1.23 bits per heavy atom. The molecular formula is C22H20ClN5OS. The van der Waals surface area contributed by atoms with Crippen molar-refractivity contribution in [2.45, 2.75) is 36.9 Å². The van der Waals surface area contributed by atoms with Crippen LogP contribution < -0.4 is 5.32 Å². The molecule has 3 aromatic rings. The van der Waals surface area contributed by atoms with Crippen molar-refractivity contribution in [1.29, 1.82) is 5.26 Å². The maximum Gasteiger partial charge on any atom is 0.225 e. The smallest absolute Gasteiger partial charge is 0.225 e.